The summed E-state index contributed by atoms with van der Waals surface area (Å²) in [6, 6.07) is 20.2. The van der Waals surface area contributed by atoms with Crippen molar-refractivity contribution in [2.24, 2.45) is 4.36 Å². The number of rotatable bonds is 9. The number of benzene rings is 2. The lowest BCUT2D eigenvalue weighted by Gasteiger charge is -2.22. The van der Waals surface area contributed by atoms with Crippen molar-refractivity contribution in [3.8, 4) is 5.88 Å². The van der Waals surface area contributed by atoms with E-state index in [-0.39, 0.29) is 5.71 Å². The zero-order valence-electron chi connectivity index (χ0n) is 15.8. The lowest BCUT2D eigenvalue weighted by molar-refractivity contribution is -0.114. The number of aromatic nitrogens is 1. The Bertz CT molecular complexity index is 996. The van der Waals surface area contributed by atoms with Gasteiger partial charge in [-0.1, -0.05) is 60.7 Å². The highest BCUT2D eigenvalue weighted by molar-refractivity contribution is 7.47. The first-order valence-corrected chi connectivity index (χ1v) is 9.32. The number of methoxy groups -OCH3 is 1. The van der Waals surface area contributed by atoms with Gasteiger partial charge in [0.1, 0.15) is 17.8 Å². The van der Waals surface area contributed by atoms with E-state index in [4.69, 9.17) is 22.6 Å². The second kappa shape index (κ2) is 9.66. The van der Waals surface area contributed by atoms with Crippen LogP contribution in [0.5, 0.6) is 5.88 Å². The van der Waals surface area contributed by atoms with Crippen molar-refractivity contribution in [3.05, 3.63) is 90.1 Å². The van der Waals surface area contributed by atoms with Crippen molar-refractivity contribution >= 4 is 29.6 Å². The average Bonchev–Trinajstić information content (AvgIpc) is 2.79. The molecule has 7 heteroatoms. The fourth-order valence-corrected chi connectivity index (χ4v) is 3.16. The number of nitrogens with one attached hydrogen (secondary N) is 2. The van der Waals surface area contributed by atoms with Crippen molar-refractivity contribution < 1.29 is 9.53 Å². The summed E-state index contributed by atoms with van der Waals surface area (Å²) >= 11 is 4.90. The van der Waals surface area contributed by atoms with Gasteiger partial charge in [-0.05, 0) is 17.2 Å². The zero-order valence-corrected chi connectivity index (χ0v) is 16.6. The normalized spacial score (nSPS) is 12.4. The summed E-state index contributed by atoms with van der Waals surface area (Å²) in [4.78, 5) is 17.4. The van der Waals surface area contributed by atoms with Crippen molar-refractivity contribution in [3.63, 3.8) is 0 Å². The van der Waals surface area contributed by atoms with E-state index in [1.165, 1.54) is 7.11 Å². The maximum absolute atomic E-state index is 13.3. The molecule has 0 aliphatic heterocycles. The zero-order chi connectivity index (χ0) is 20.6. The van der Waals surface area contributed by atoms with Gasteiger partial charge in [-0.2, -0.15) is 0 Å². The van der Waals surface area contributed by atoms with Crippen molar-refractivity contribution in [1.82, 2.24) is 4.98 Å². The molecule has 29 heavy (non-hydrogen) atoms. The Morgan fingerprint density at radius 2 is 1.69 bits per heavy atom. The predicted octanol–water partition coefficient (Wildman–Crippen LogP) is 4.30. The van der Waals surface area contributed by atoms with E-state index < -0.39 is 17.9 Å². The van der Waals surface area contributed by atoms with E-state index in [1.54, 1.807) is 30.5 Å². The van der Waals surface area contributed by atoms with Crippen molar-refractivity contribution in [1.29, 1.82) is 5.41 Å². The maximum Gasteiger partial charge on any atom is 0.214 e. The van der Waals surface area contributed by atoms with E-state index in [1.807, 2.05) is 48.5 Å². The van der Waals surface area contributed by atoms with Gasteiger partial charge < -0.3 is 10.1 Å². The third-order valence-electron chi connectivity index (χ3n) is 4.41. The largest absolute Gasteiger partial charge is 0.481 e. The highest BCUT2D eigenvalue weighted by Crippen LogP contribution is 2.26. The number of Topliss-reactive ketones (excluding diaryl/α,β-unsaturated/α-hetero) is 1. The smallest absolute Gasteiger partial charge is 0.214 e. The number of hydrogen-bond acceptors (Lipinski definition) is 7. The summed E-state index contributed by atoms with van der Waals surface area (Å²) < 4.78 is 9.03. The Morgan fingerprint density at radius 1 is 1.07 bits per heavy atom. The molecule has 0 bridgehead atoms. The maximum atomic E-state index is 13.3. The average molecular weight is 404 g/mol. The SMILES string of the molecule is COc1cc(NC(C(=O)C(=N)C(N=S)c2ccccc2)c2ccccc2)ccn1. The van der Waals surface area contributed by atoms with Crippen LogP contribution in [0.4, 0.5) is 5.69 Å². The molecule has 146 valence electrons. The highest BCUT2D eigenvalue weighted by atomic mass is 32.1. The van der Waals surface area contributed by atoms with Gasteiger partial charge in [-0.3, -0.25) is 10.2 Å². The lowest BCUT2D eigenvalue weighted by Crippen LogP contribution is -2.30. The fourth-order valence-electron chi connectivity index (χ4n) is 2.93. The molecule has 0 spiro atoms. The molecule has 2 unspecified atom stereocenters. The molecular formula is C22H20N4O2S. The molecule has 0 amide bonds. The van der Waals surface area contributed by atoms with Gasteiger partial charge in [-0.15, -0.1) is 0 Å². The first-order valence-electron chi connectivity index (χ1n) is 8.95. The number of hydrogen-bond donors (Lipinski definition) is 2. The van der Waals surface area contributed by atoms with Crippen LogP contribution in [0.15, 0.2) is 83.4 Å². The number of nitrogens with zero attached hydrogens (tertiary/aromatic N) is 2. The Hall–Kier alpha value is -3.45. The quantitative estimate of drug-likeness (QED) is 0.519. The van der Waals surface area contributed by atoms with E-state index in [9.17, 15) is 4.79 Å². The third-order valence-corrected chi connectivity index (χ3v) is 4.62. The highest BCUT2D eigenvalue weighted by Gasteiger charge is 2.30. The van der Waals surface area contributed by atoms with Gasteiger partial charge in [0, 0.05) is 30.4 Å². The van der Waals surface area contributed by atoms with Crippen molar-refractivity contribution in [2.45, 2.75) is 12.1 Å². The Kier molecular flexibility index (Phi) is 6.76. The second-order valence-corrected chi connectivity index (χ2v) is 6.48. The molecule has 2 atom stereocenters. The number of carbonyl (C=O) groups is 1. The summed E-state index contributed by atoms with van der Waals surface area (Å²) in [5.74, 6) is 0.0153. The minimum absolute atomic E-state index is 0.173. The van der Waals surface area contributed by atoms with E-state index in [0.717, 1.165) is 5.56 Å². The number of carbonyl (C=O) groups excluding carboxylic acids is 1. The van der Waals surface area contributed by atoms with Gasteiger partial charge in [0.05, 0.1) is 7.11 Å². The van der Waals surface area contributed by atoms with E-state index in [2.05, 4.69) is 14.7 Å². The van der Waals surface area contributed by atoms with Gasteiger partial charge in [0.2, 0.25) is 11.7 Å². The molecule has 0 aliphatic carbocycles. The van der Waals surface area contributed by atoms with Crippen LogP contribution in [0, 0.1) is 5.41 Å². The van der Waals surface area contributed by atoms with Crippen LogP contribution in [-0.2, 0) is 17.2 Å². The van der Waals surface area contributed by atoms with E-state index in [0.29, 0.717) is 17.1 Å². The molecule has 0 saturated carbocycles. The molecule has 3 aromatic rings. The van der Waals surface area contributed by atoms with Crippen LogP contribution in [0.1, 0.15) is 23.2 Å². The topological polar surface area (TPSA) is 87.4 Å². The van der Waals surface area contributed by atoms with Gasteiger partial charge in [-0.25, -0.2) is 9.35 Å². The molecule has 0 aliphatic rings. The molecule has 0 fully saturated rings. The molecule has 2 aromatic carbocycles. The van der Waals surface area contributed by atoms with Gasteiger partial charge in [0.25, 0.3) is 0 Å². The minimum Gasteiger partial charge on any atom is -0.481 e. The van der Waals surface area contributed by atoms with E-state index >= 15 is 0 Å². The molecule has 6 nitrogen and oxygen atoms in total. The minimum atomic E-state index is -0.807. The summed E-state index contributed by atoms with van der Waals surface area (Å²) in [6.45, 7) is 0. The first kappa shape index (κ1) is 20.3. The summed E-state index contributed by atoms with van der Waals surface area (Å²) in [5, 5.41) is 11.7. The molecule has 0 radical (unpaired) electrons. The van der Waals surface area contributed by atoms with Crippen LogP contribution >= 0.6 is 0 Å². The molecular weight excluding hydrogens is 384 g/mol. The first-order chi connectivity index (χ1) is 14.1. The standard InChI is InChI=1S/C22H20N4O2S/c1-28-18-14-17(12-13-24-18)25-21(16-10-6-3-7-11-16)22(27)19(23)20(26-29)15-8-4-2-5-9-15/h2-14,20-21,23H,1H3,(H,24,25). The van der Waals surface area contributed by atoms with Gasteiger partial charge >= 0.3 is 0 Å². The number of ether oxygens (including phenoxy) is 1. The second-order valence-electron chi connectivity index (χ2n) is 6.27. The van der Waals surface area contributed by atoms with Crippen LogP contribution in [0.25, 0.3) is 0 Å². The Morgan fingerprint density at radius 3 is 2.28 bits per heavy atom. The fraction of sp³-hybridized carbons (Fsp3) is 0.136. The van der Waals surface area contributed by atoms with Crippen LogP contribution in [0.2, 0.25) is 0 Å². The summed E-state index contributed by atoms with van der Waals surface area (Å²) in [5.41, 5.74) is 1.92. The molecule has 1 heterocycles. The molecule has 3 rings (SSSR count). The monoisotopic (exact) mass is 404 g/mol. The van der Waals surface area contributed by atoms with Crippen molar-refractivity contribution in [2.75, 3.05) is 12.4 Å². The molecule has 2 N–H and O–H groups in total. The van der Waals surface area contributed by atoms with Crippen LogP contribution < -0.4 is 10.1 Å². The number of pyridine rings is 1. The summed E-state index contributed by atoms with van der Waals surface area (Å²) in [7, 11) is 1.52. The van der Waals surface area contributed by atoms with Crippen LogP contribution in [0.3, 0.4) is 0 Å². The summed E-state index contributed by atoms with van der Waals surface area (Å²) in [6.07, 6.45) is 1.59. The Balaban J connectivity index is 1.93. The van der Waals surface area contributed by atoms with Gasteiger partial charge in [0.15, 0.2) is 0 Å². The third kappa shape index (κ3) is 4.89. The molecule has 1 aromatic heterocycles. The predicted molar refractivity (Wildman–Crippen MR) is 115 cm³/mol. The Labute approximate surface area is 174 Å². The van der Waals surface area contributed by atoms with Crippen LogP contribution in [-0.4, -0.2) is 23.6 Å². The number of ketones is 1. The lowest BCUT2D eigenvalue weighted by atomic mass is 9.93. The molecule has 0 saturated heterocycles. The number of anilines is 1.